The summed E-state index contributed by atoms with van der Waals surface area (Å²) in [4.78, 5) is 3.10. The maximum atomic E-state index is 10.5. The van der Waals surface area contributed by atoms with Gasteiger partial charge in [0, 0.05) is 31.9 Å². The highest BCUT2D eigenvalue weighted by Crippen LogP contribution is 2.15. The predicted molar refractivity (Wildman–Crippen MR) is 93.3 cm³/mol. The predicted octanol–water partition coefficient (Wildman–Crippen LogP) is 2.07. The van der Waals surface area contributed by atoms with Crippen LogP contribution in [0.1, 0.15) is 5.56 Å². The van der Waals surface area contributed by atoms with E-state index in [1.807, 2.05) is 6.07 Å². The maximum Gasteiger partial charge on any atom is 0.122 e. The number of nitrogens with one attached hydrogen (secondary N) is 1. The third-order valence-corrected chi connectivity index (χ3v) is 4.20. The highest BCUT2D eigenvalue weighted by atomic mass is 32.2. The van der Waals surface area contributed by atoms with Gasteiger partial charge in [-0.05, 0) is 36.8 Å². The van der Waals surface area contributed by atoms with Gasteiger partial charge in [0.1, 0.15) is 11.0 Å². The van der Waals surface area contributed by atoms with Crippen LogP contribution in [0.15, 0.2) is 59.5 Å². The highest BCUT2D eigenvalue weighted by Gasteiger charge is 2.09. The van der Waals surface area contributed by atoms with Crippen molar-refractivity contribution >= 4 is 16.7 Å². The molecule has 5 heteroatoms. The first-order valence-corrected chi connectivity index (χ1v) is 8.61. The van der Waals surface area contributed by atoms with Crippen LogP contribution >= 0.6 is 0 Å². The van der Waals surface area contributed by atoms with E-state index < -0.39 is 11.0 Å². The van der Waals surface area contributed by atoms with Gasteiger partial charge in [-0.3, -0.25) is 0 Å². The number of hydrogen-bond donors (Lipinski definition) is 2. The molecule has 22 heavy (non-hydrogen) atoms. The Bertz CT molecular complexity index is 598. The second kappa shape index (κ2) is 8.68. The maximum absolute atomic E-state index is 10.5. The van der Waals surface area contributed by atoms with Crippen molar-refractivity contribution in [3.05, 3.63) is 60.2 Å². The van der Waals surface area contributed by atoms with Crippen LogP contribution in [0, 0.1) is 6.92 Å². The lowest BCUT2D eigenvalue weighted by Gasteiger charge is -2.29. The number of anilines is 1. The molecule has 1 aliphatic rings. The minimum Gasteiger partial charge on any atom is -0.369 e. The summed E-state index contributed by atoms with van der Waals surface area (Å²) in [6.07, 6.45) is 0. The standard InChI is InChI=1S/C11H16N2.C6H7NOS/c1-10-3-2-4-11(9-10)13-7-5-12-6-8-13;7-9(8)6-4-2-1-3-5-6/h2-4,9,12H,5-8H2,1H3;1-5H,7H2. The summed E-state index contributed by atoms with van der Waals surface area (Å²) in [5.41, 5.74) is 2.71. The van der Waals surface area contributed by atoms with E-state index in [1.165, 1.54) is 11.3 Å². The van der Waals surface area contributed by atoms with E-state index in [0.717, 1.165) is 26.2 Å². The summed E-state index contributed by atoms with van der Waals surface area (Å²) in [5, 5.41) is 8.44. The Morgan fingerprint density at radius 3 is 2.27 bits per heavy atom. The van der Waals surface area contributed by atoms with E-state index in [0.29, 0.717) is 4.90 Å². The van der Waals surface area contributed by atoms with Crippen LogP contribution in [-0.4, -0.2) is 30.4 Å². The number of nitrogens with zero attached hydrogens (tertiary/aromatic N) is 1. The molecular formula is C17H23N3OS. The lowest BCUT2D eigenvalue weighted by molar-refractivity contribution is 0.589. The average Bonchev–Trinajstić information content (AvgIpc) is 2.57. The highest BCUT2D eigenvalue weighted by molar-refractivity contribution is 7.82. The van der Waals surface area contributed by atoms with Gasteiger partial charge in [-0.2, -0.15) is 0 Å². The Morgan fingerprint density at radius 1 is 1.05 bits per heavy atom. The molecule has 1 heterocycles. The minimum atomic E-state index is -1.33. The van der Waals surface area contributed by atoms with Gasteiger partial charge in [0.25, 0.3) is 0 Å². The Hall–Kier alpha value is -1.69. The zero-order valence-electron chi connectivity index (χ0n) is 12.9. The third kappa shape index (κ3) is 5.26. The second-order valence-corrected chi connectivity index (χ2v) is 6.25. The number of rotatable bonds is 2. The smallest absolute Gasteiger partial charge is 0.122 e. The number of hydrogen-bond acceptors (Lipinski definition) is 3. The van der Waals surface area contributed by atoms with Crippen molar-refractivity contribution in [2.45, 2.75) is 11.8 Å². The van der Waals surface area contributed by atoms with E-state index in [1.54, 1.807) is 24.3 Å². The molecule has 118 valence electrons. The molecule has 0 spiro atoms. The monoisotopic (exact) mass is 317 g/mol. The molecule has 1 atom stereocenters. The van der Waals surface area contributed by atoms with Crippen LogP contribution in [0.5, 0.6) is 0 Å². The summed E-state index contributed by atoms with van der Waals surface area (Å²) < 4.78 is 10.5. The van der Waals surface area contributed by atoms with E-state index in [4.69, 9.17) is 5.14 Å². The van der Waals surface area contributed by atoms with Crippen molar-refractivity contribution in [3.8, 4) is 0 Å². The van der Waals surface area contributed by atoms with Gasteiger partial charge in [0.05, 0.1) is 4.90 Å². The van der Waals surface area contributed by atoms with Gasteiger partial charge in [0.15, 0.2) is 0 Å². The van der Waals surface area contributed by atoms with Crippen LogP contribution < -0.4 is 15.4 Å². The van der Waals surface area contributed by atoms with E-state index in [9.17, 15) is 4.21 Å². The molecule has 3 rings (SSSR count). The van der Waals surface area contributed by atoms with E-state index >= 15 is 0 Å². The van der Waals surface area contributed by atoms with Gasteiger partial charge in [-0.25, -0.2) is 9.35 Å². The molecule has 1 fully saturated rings. The third-order valence-electron chi connectivity index (χ3n) is 3.46. The van der Waals surface area contributed by atoms with Crippen LogP contribution in [0.25, 0.3) is 0 Å². The van der Waals surface area contributed by atoms with Gasteiger partial charge in [0.2, 0.25) is 0 Å². The summed E-state index contributed by atoms with van der Waals surface area (Å²) >= 11 is 0. The molecule has 0 saturated carbocycles. The molecule has 1 unspecified atom stereocenters. The Labute approximate surface area is 134 Å². The first-order chi connectivity index (χ1) is 10.7. The Morgan fingerprint density at radius 2 is 1.73 bits per heavy atom. The normalized spacial score (nSPS) is 15.6. The quantitative estimate of drug-likeness (QED) is 0.891. The van der Waals surface area contributed by atoms with Crippen LogP contribution in [0.2, 0.25) is 0 Å². The minimum absolute atomic E-state index is 0.664. The lowest BCUT2D eigenvalue weighted by Crippen LogP contribution is -2.43. The summed E-state index contributed by atoms with van der Waals surface area (Å²) in [7, 11) is -1.33. The van der Waals surface area contributed by atoms with Crippen molar-refractivity contribution < 1.29 is 4.21 Å². The van der Waals surface area contributed by atoms with Crippen molar-refractivity contribution in [1.82, 2.24) is 5.32 Å². The molecule has 0 bridgehead atoms. The van der Waals surface area contributed by atoms with Gasteiger partial charge in [-0.1, -0.05) is 30.3 Å². The molecular weight excluding hydrogens is 294 g/mol. The topological polar surface area (TPSA) is 58.4 Å². The summed E-state index contributed by atoms with van der Waals surface area (Å²) in [6, 6.07) is 17.7. The number of benzene rings is 2. The van der Waals surface area contributed by atoms with Gasteiger partial charge >= 0.3 is 0 Å². The SMILES string of the molecule is Cc1cccc(N2CCNCC2)c1.NS(=O)c1ccccc1. The van der Waals surface area contributed by atoms with Gasteiger partial charge < -0.3 is 10.2 Å². The molecule has 1 saturated heterocycles. The summed E-state index contributed by atoms with van der Waals surface area (Å²) in [6.45, 7) is 6.61. The van der Waals surface area contributed by atoms with Crippen molar-refractivity contribution in [3.63, 3.8) is 0 Å². The molecule has 2 aromatic carbocycles. The largest absolute Gasteiger partial charge is 0.369 e. The first kappa shape index (κ1) is 16.7. The molecule has 0 aliphatic carbocycles. The molecule has 1 aliphatic heterocycles. The molecule has 0 aromatic heterocycles. The van der Waals surface area contributed by atoms with Crippen molar-refractivity contribution in [1.29, 1.82) is 0 Å². The molecule has 2 aromatic rings. The van der Waals surface area contributed by atoms with E-state index in [-0.39, 0.29) is 0 Å². The van der Waals surface area contributed by atoms with Crippen molar-refractivity contribution in [2.75, 3.05) is 31.1 Å². The molecule has 0 amide bonds. The Balaban J connectivity index is 0.000000172. The van der Waals surface area contributed by atoms with Crippen LogP contribution in [0.3, 0.4) is 0 Å². The zero-order chi connectivity index (χ0) is 15.8. The zero-order valence-corrected chi connectivity index (χ0v) is 13.7. The number of aryl methyl sites for hydroxylation is 1. The average molecular weight is 317 g/mol. The van der Waals surface area contributed by atoms with Crippen LogP contribution in [0.4, 0.5) is 5.69 Å². The first-order valence-electron chi connectivity index (χ1n) is 7.40. The molecule has 3 N–H and O–H groups in total. The van der Waals surface area contributed by atoms with Gasteiger partial charge in [-0.15, -0.1) is 0 Å². The number of nitrogens with two attached hydrogens (primary N) is 1. The second-order valence-electron chi connectivity index (χ2n) is 5.19. The lowest BCUT2D eigenvalue weighted by atomic mass is 10.2. The fraction of sp³-hybridized carbons (Fsp3) is 0.294. The van der Waals surface area contributed by atoms with E-state index in [2.05, 4.69) is 41.4 Å². The number of piperazine rings is 1. The van der Waals surface area contributed by atoms with Crippen molar-refractivity contribution in [2.24, 2.45) is 5.14 Å². The fourth-order valence-corrected chi connectivity index (χ4v) is 2.73. The fourth-order valence-electron chi connectivity index (χ4n) is 2.30. The van der Waals surface area contributed by atoms with Crippen LogP contribution in [-0.2, 0) is 11.0 Å². The summed E-state index contributed by atoms with van der Waals surface area (Å²) in [5.74, 6) is 0. The molecule has 0 radical (unpaired) electrons. The molecule has 4 nitrogen and oxygen atoms in total. The Kier molecular flexibility index (Phi) is 6.58.